The second kappa shape index (κ2) is 5.62. The van der Waals surface area contributed by atoms with Crippen molar-refractivity contribution in [2.75, 3.05) is 0 Å². The van der Waals surface area contributed by atoms with Crippen LogP contribution in [0.15, 0.2) is 17.0 Å². The number of hydrogen-bond donors (Lipinski definition) is 2. The lowest BCUT2D eigenvalue weighted by Crippen LogP contribution is -2.48. The zero-order chi connectivity index (χ0) is 15.9. The van der Waals surface area contributed by atoms with Gasteiger partial charge in [-0.1, -0.05) is 0 Å². The molecule has 0 unspecified atom stereocenters. The van der Waals surface area contributed by atoms with Gasteiger partial charge in [-0.3, -0.25) is 0 Å². The molecule has 0 amide bonds. The van der Waals surface area contributed by atoms with E-state index in [0.29, 0.717) is 31.2 Å². The van der Waals surface area contributed by atoms with Gasteiger partial charge >= 0.3 is 5.97 Å². The van der Waals surface area contributed by atoms with Gasteiger partial charge < -0.3 is 5.11 Å². The molecular weight excluding hydrogens is 309 g/mol. The molecule has 0 radical (unpaired) electrons. The number of benzene rings is 1. The highest BCUT2D eigenvalue weighted by Crippen LogP contribution is 2.31. The monoisotopic (exact) mass is 327 g/mol. The van der Waals surface area contributed by atoms with E-state index in [-0.39, 0.29) is 10.5 Å². The number of carbonyl (C=O) groups is 1. The number of fused-ring (bicyclic) bond motifs is 1. The van der Waals surface area contributed by atoms with Gasteiger partial charge in [0, 0.05) is 0 Å². The molecule has 2 N–H and O–H groups in total. The van der Waals surface area contributed by atoms with E-state index in [0.717, 1.165) is 18.4 Å². The Morgan fingerprint density at radius 1 is 1.23 bits per heavy atom. The predicted octanol–water partition coefficient (Wildman–Crippen LogP) is 2.04. The zero-order valence-electron chi connectivity index (χ0n) is 12.0. The van der Waals surface area contributed by atoms with Crippen LogP contribution in [0, 0.1) is 0 Å². The number of aromatic carboxylic acids is 1. The number of carboxylic acids is 1. The number of rotatable bonds is 4. The topological polar surface area (TPSA) is 83.5 Å². The molecule has 0 heterocycles. The quantitative estimate of drug-likeness (QED) is 0.886. The normalized spacial score (nSPS) is 24.4. The van der Waals surface area contributed by atoms with E-state index >= 15 is 0 Å². The smallest absolute Gasteiger partial charge is 0.335 e. The fourth-order valence-electron chi connectivity index (χ4n) is 3.05. The van der Waals surface area contributed by atoms with Crippen molar-refractivity contribution in [3.63, 3.8) is 0 Å². The van der Waals surface area contributed by atoms with Crippen LogP contribution in [-0.4, -0.2) is 31.7 Å². The molecule has 0 aliphatic heterocycles. The van der Waals surface area contributed by atoms with Crippen molar-refractivity contribution >= 4 is 16.0 Å². The lowest BCUT2D eigenvalue weighted by Gasteiger charge is -2.31. The molecule has 120 valence electrons. The van der Waals surface area contributed by atoms with Crippen molar-refractivity contribution in [2.45, 2.75) is 55.6 Å². The molecule has 0 saturated heterocycles. The molecule has 0 spiro atoms. The molecule has 7 heteroatoms. The maximum absolute atomic E-state index is 13.4. The van der Waals surface area contributed by atoms with Crippen LogP contribution in [-0.2, 0) is 22.9 Å². The SMILES string of the molecule is O=C(O)c1cc2c(c(S(=O)(=O)N[C@@H]3CC[C@@H]3F)c1)CCCC2. The Kier molecular flexibility index (Phi) is 3.94. The Labute approximate surface area is 128 Å². The fraction of sp³-hybridized carbons (Fsp3) is 0.533. The lowest BCUT2D eigenvalue weighted by atomic mass is 9.90. The molecule has 2 atom stereocenters. The Bertz CT molecular complexity index is 716. The first kappa shape index (κ1) is 15.4. The number of hydrogen-bond acceptors (Lipinski definition) is 3. The maximum atomic E-state index is 13.4. The minimum Gasteiger partial charge on any atom is -0.478 e. The van der Waals surface area contributed by atoms with Gasteiger partial charge in [-0.2, -0.15) is 0 Å². The first-order valence-electron chi connectivity index (χ1n) is 7.44. The average molecular weight is 327 g/mol. The summed E-state index contributed by atoms with van der Waals surface area (Å²) in [5.74, 6) is -1.16. The van der Waals surface area contributed by atoms with Crippen LogP contribution in [0.5, 0.6) is 0 Å². The predicted molar refractivity (Wildman–Crippen MR) is 78.3 cm³/mol. The van der Waals surface area contributed by atoms with Crippen molar-refractivity contribution in [3.05, 3.63) is 28.8 Å². The molecule has 22 heavy (non-hydrogen) atoms. The Hall–Kier alpha value is -1.47. The third kappa shape index (κ3) is 2.75. The number of sulfonamides is 1. The van der Waals surface area contributed by atoms with E-state index in [2.05, 4.69) is 4.72 Å². The molecule has 1 fully saturated rings. The number of alkyl halides is 1. The highest BCUT2D eigenvalue weighted by molar-refractivity contribution is 7.89. The van der Waals surface area contributed by atoms with Crippen molar-refractivity contribution in [1.82, 2.24) is 4.72 Å². The van der Waals surface area contributed by atoms with Gasteiger partial charge in [-0.05, 0) is 61.8 Å². The largest absolute Gasteiger partial charge is 0.478 e. The van der Waals surface area contributed by atoms with Crippen molar-refractivity contribution in [1.29, 1.82) is 0 Å². The van der Waals surface area contributed by atoms with E-state index in [1.54, 1.807) is 6.07 Å². The highest BCUT2D eigenvalue weighted by atomic mass is 32.2. The summed E-state index contributed by atoms with van der Waals surface area (Å²) in [6.07, 6.45) is 2.74. The molecule has 3 rings (SSSR count). The fourth-order valence-corrected chi connectivity index (χ4v) is 4.68. The zero-order valence-corrected chi connectivity index (χ0v) is 12.8. The van der Waals surface area contributed by atoms with Crippen LogP contribution < -0.4 is 4.72 Å². The van der Waals surface area contributed by atoms with Gasteiger partial charge in [0.2, 0.25) is 10.0 Å². The van der Waals surface area contributed by atoms with Gasteiger partial charge in [0.25, 0.3) is 0 Å². The Balaban J connectivity index is 2.04. The minimum absolute atomic E-state index is 0.00111. The number of halogens is 1. The minimum atomic E-state index is -3.90. The second-order valence-electron chi connectivity index (χ2n) is 5.95. The van der Waals surface area contributed by atoms with Gasteiger partial charge in [-0.15, -0.1) is 0 Å². The highest BCUT2D eigenvalue weighted by Gasteiger charge is 2.35. The number of carboxylic acid groups (broad SMARTS) is 1. The van der Waals surface area contributed by atoms with E-state index in [1.807, 2.05) is 0 Å². The number of aryl methyl sites for hydroxylation is 1. The van der Waals surface area contributed by atoms with Crippen LogP contribution in [0.2, 0.25) is 0 Å². The van der Waals surface area contributed by atoms with Crippen LogP contribution in [0.4, 0.5) is 4.39 Å². The Morgan fingerprint density at radius 3 is 2.55 bits per heavy atom. The van der Waals surface area contributed by atoms with Gasteiger partial charge in [0.05, 0.1) is 16.5 Å². The molecule has 0 aromatic heterocycles. The summed E-state index contributed by atoms with van der Waals surface area (Å²) < 4.78 is 40.8. The first-order valence-corrected chi connectivity index (χ1v) is 8.92. The first-order chi connectivity index (χ1) is 10.4. The summed E-state index contributed by atoms with van der Waals surface area (Å²) in [4.78, 5) is 11.2. The summed E-state index contributed by atoms with van der Waals surface area (Å²) in [6.45, 7) is 0. The molecule has 2 aliphatic rings. The molecule has 0 bridgehead atoms. The van der Waals surface area contributed by atoms with Gasteiger partial charge in [-0.25, -0.2) is 22.3 Å². The van der Waals surface area contributed by atoms with Gasteiger partial charge in [0.15, 0.2) is 0 Å². The van der Waals surface area contributed by atoms with Crippen LogP contribution in [0.1, 0.15) is 47.2 Å². The summed E-state index contributed by atoms with van der Waals surface area (Å²) in [7, 11) is -3.90. The van der Waals surface area contributed by atoms with Crippen LogP contribution >= 0.6 is 0 Å². The third-order valence-corrected chi connectivity index (χ3v) is 6.01. The lowest BCUT2D eigenvalue weighted by molar-refractivity contribution is 0.0696. The number of nitrogens with one attached hydrogen (secondary N) is 1. The van der Waals surface area contributed by atoms with Gasteiger partial charge in [0.1, 0.15) is 6.17 Å². The van der Waals surface area contributed by atoms with Crippen molar-refractivity contribution in [3.8, 4) is 0 Å². The van der Waals surface area contributed by atoms with E-state index in [9.17, 15) is 22.7 Å². The van der Waals surface area contributed by atoms with Crippen molar-refractivity contribution < 1.29 is 22.7 Å². The Morgan fingerprint density at radius 2 is 1.95 bits per heavy atom. The molecule has 1 saturated carbocycles. The van der Waals surface area contributed by atoms with E-state index in [1.165, 1.54) is 6.07 Å². The summed E-state index contributed by atoms with van der Waals surface area (Å²) in [5, 5.41) is 9.18. The third-order valence-electron chi connectivity index (χ3n) is 4.46. The summed E-state index contributed by atoms with van der Waals surface area (Å²) in [5.41, 5.74) is 1.42. The molecule has 1 aromatic carbocycles. The van der Waals surface area contributed by atoms with E-state index in [4.69, 9.17) is 0 Å². The summed E-state index contributed by atoms with van der Waals surface area (Å²) >= 11 is 0. The van der Waals surface area contributed by atoms with E-state index < -0.39 is 28.2 Å². The molecule has 5 nitrogen and oxygen atoms in total. The molecule has 1 aromatic rings. The standard InChI is InChI=1S/C15H18FNO4S/c16-12-5-6-13(12)17-22(20,21)14-8-10(15(18)19)7-9-3-1-2-4-11(9)14/h7-8,12-13,17H,1-6H2,(H,18,19)/t12-,13+/m0/s1. The maximum Gasteiger partial charge on any atom is 0.335 e. The molecule has 2 aliphatic carbocycles. The second-order valence-corrected chi connectivity index (χ2v) is 7.63. The average Bonchev–Trinajstić information content (AvgIpc) is 2.50. The molecular formula is C15H18FNO4S. The van der Waals surface area contributed by atoms with Crippen LogP contribution in [0.25, 0.3) is 0 Å². The van der Waals surface area contributed by atoms with Crippen LogP contribution in [0.3, 0.4) is 0 Å². The summed E-state index contributed by atoms with van der Waals surface area (Å²) in [6, 6.07) is 2.05. The van der Waals surface area contributed by atoms with Crippen molar-refractivity contribution in [2.24, 2.45) is 0 Å².